The minimum absolute atomic E-state index is 0.216. The molecule has 0 aliphatic rings. The zero-order valence-corrected chi connectivity index (χ0v) is 14.3. The predicted molar refractivity (Wildman–Crippen MR) is 101 cm³/mol. The number of hydrogen-bond donors (Lipinski definition) is 1. The van der Waals surface area contributed by atoms with E-state index in [1.165, 1.54) is 0 Å². The van der Waals surface area contributed by atoms with Crippen molar-refractivity contribution in [3.05, 3.63) is 77.4 Å². The Hall–Kier alpha value is -3.14. The summed E-state index contributed by atoms with van der Waals surface area (Å²) in [7, 11) is 0. The summed E-state index contributed by atoms with van der Waals surface area (Å²) in [5.74, 6) is 0.564. The lowest BCUT2D eigenvalue weighted by Gasteiger charge is -2.08. The molecule has 4 nitrogen and oxygen atoms in total. The van der Waals surface area contributed by atoms with Gasteiger partial charge < -0.3 is 4.74 Å². The van der Waals surface area contributed by atoms with Crippen LogP contribution in [0, 0.1) is 6.92 Å². The van der Waals surface area contributed by atoms with Gasteiger partial charge in [-0.15, -0.1) is 0 Å². The van der Waals surface area contributed by atoms with Crippen LogP contribution in [0.4, 0.5) is 0 Å². The fourth-order valence-electron chi connectivity index (χ4n) is 2.75. The molecule has 4 heteroatoms. The summed E-state index contributed by atoms with van der Waals surface area (Å²) in [4.78, 5) is 12.6. The first-order valence-electron chi connectivity index (χ1n) is 8.23. The second kappa shape index (κ2) is 7.62. The van der Waals surface area contributed by atoms with E-state index in [4.69, 9.17) is 4.74 Å². The summed E-state index contributed by atoms with van der Waals surface area (Å²) >= 11 is 0. The number of hydrazone groups is 1. The Morgan fingerprint density at radius 3 is 2.80 bits per heavy atom. The van der Waals surface area contributed by atoms with Crippen molar-refractivity contribution in [3.63, 3.8) is 0 Å². The van der Waals surface area contributed by atoms with Crippen molar-refractivity contribution < 1.29 is 9.53 Å². The maximum atomic E-state index is 12.6. The molecule has 3 aromatic rings. The van der Waals surface area contributed by atoms with Gasteiger partial charge in [0.1, 0.15) is 5.75 Å². The molecule has 0 aliphatic carbocycles. The van der Waals surface area contributed by atoms with Crippen molar-refractivity contribution in [1.29, 1.82) is 0 Å². The van der Waals surface area contributed by atoms with Gasteiger partial charge in [0.25, 0.3) is 5.91 Å². The van der Waals surface area contributed by atoms with Crippen LogP contribution in [-0.4, -0.2) is 18.7 Å². The van der Waals surface area contributed by atoms with Crippen LogP contribution in [-0.2, 0) is 0 Å². The lowest BCUT2D eigenvalue weighted by Crippen LogP contribution is -2.19. The summed E-state index contributed by atoms with van der Waals surface area (Å²) in [6.45, 7) is 4.47. The molecule has 0 spiro atoms. The molecule has 1 amide bonds. The van der Waals surface area contributed by atoms with Crippen LogP contribution < -0.4 is 10.2 Å². The van der Waals surface area contributed by atoms with Crippen LogP contribution in [0.2, 0.25) is 0 Å². The van der Waals surface area contributed by atoms with E-state index >= 15 is 0 Å². The SMILES string of the molecule is CCOc1cccc(/C=N\NC(=O)c2c(C)ccc3ccccc23)c1. The number of fused-ring (bicyclic) bond motifs is 1. The fraction of sp³-hybridized carbons (Fsp3) is 0.143. The molecular weight excluding hydrogens is 312 g/mol. The molecule has 126 valence electrons. The molecule has 1 N–H and O–H groups in total. The van der Waals surface area contributed by atoms with E-state index in [0.717, 1.165) is 27.6 Å². The molecule has 3 aromatic carbocycles. The summed E-state index contributed by atoms with van der Waals surface area (Å²) in [6.07, 6.45) is 1.61. The number of nitrogens with one attached hydrogen (secondary N) is 1. The largest absolute Gasteiger partial charge is 0.494 e. The average Bonchev–Trinajstić information content (AvgIpc) is 2.62. The fourth-order valence-corrected chi connectivity index (χ4v) is 2.75. The first-order chi connectivity index (χ1) is 12.2. The van der Waals surface area contributed by atoms with Gasteiger partial charge in [-0.05, 0) is 47.9 Å². The molecule has 0 fully saturated rings. The highest BCUT2D eigenvalue weighted by Crippen LogP contribution is 2.22. The van der Waals surface area contributed by atoms with E-state index in [9.17, 15) is 4.79 Å². The van der Waals surface area contributed by atoms with Gasteiger partial charge in [0, 0.05) is 0 Å². The molecule has 0 aliphatic heterocycles. The van der Waals surface area contributed by atoms with Crippen molar-refractivity contribution >= 4 is 22.9 Å². The van der Waals surface area contributed by atoms with Crippen molar-refractivity contribution in [1.82, 2.24) is 5.43 Å². The van der Waals surface area contributed by atoms with Crippen LogP contribution in [0.15, 0.2) is 65.8 Å². The van der Waals surface area contributed by atoms with E-state index < -0.39 is 0 Å². The highest BCUT2D eigenvalue weighted by molar-refractivity contribution is 6.08. The molecule has 0 radical (unpaired) electrons. The lowest BCUT2D eigenvalue weighted by molar-refractivity contribution is 0.0956. The van der Waals surface area contributed by atoms with Crippen molar-refractivity contribution in [2.75, 3.05) is 6.61 Å². The van der Waals surface area contributed by atoms with Crippen molar-refractivity contribution in [2.24, 2.45) is 5.10 Å². The van der Waals surface area contributed by atoms with Crippen LogP contribution in [0.5, 0.6) is 5.75 Å². The molecule has 25 heavy (non-hydrogen) atoms. The monoisotopic (exact) mass is 332 g/mol. The molecule has 0 saturated carbocycles. The minimum atomic E-state index is -0.216. The number of hydrogen-bond acceptors (Lipinski definition) is 3. The topological polar surface area (TPSA) is 50.7 Å². The van der Waals surface area contributed by atoms with Gasteiger partial charge in [-0.25, -0.2) is 5.43 Å². The number of ether oxygens (including phenoxy) is 1. The van der Waals surface area contributed by atoms with Gasteiger partial charge >= 0.3 is 0 Å². The third kappa shape index (κ3) is 3.86. The normalized spacial score (nSPS) is 11.0. The zero-order chi connectivity index (χ0) is 17.6. The van der Waals surface area contributed by atoms with Gasteiger partial charge in [0.15, 0.2) is 0 Å². The van der Waals surface area contributed by atoms with Gasteiger partial charge in [-0.1, -0.05) is 48.5 Å². The second-order valence-corrected chi connectivity index (χ2v) is 5.68. The van der Waals surface area contributed by atoms with Gasteiger partial charge in [-0.2, -0.15) is 5.10 Å². The van der Waals surface area contributed by atoms with Gasteiger partial charge in [0.05, 0.1) is 18.4 Å². The van der Waals surface area contributed by atoms with Crippen molar-refractivity contribution in [3.8, 4) is 5.75 Å². The predicted octanol–water partition coefficient (Wildman–Crippen LogP) is 4.31. The summed E-state index contributed by atoms with van der Waals surface area (Å²) in [5.41, 5.74) is 5.06. The van der Waals surface area contributed by atoms with Crippen LogP contribution in [0.25, 0.3) is 10.8 Å². The molecule has 0 atom stereocenters. The van der Waals surface area contributed by atoms with Gasteiger partial charge in [-0.3, -0.25) is 4.79 Å². The maximum Gasteiger partial charge on any atom is 0.272 e. The Morgan fingerprint density at radius 2 is 1.96 bits per heavy atom. The second-order valence-electron chi connectivity index (χ2n) is 5.68. The van der Waals surface area contributed by atoms with Gasteiger partial charge in [0.2, 0.25) is 0 Å². The Bertz CT molecular complexity index is 932. The van der Waals surface area contributed by atoms with E-state index in [0.29, 0.717) is 12.2 Å². The van der Waals surface area contributed by atoms with Crippen LogP contribution in [0.3, 0.4) is 0 Å². The highest BCUT2D eigenvalue weighted by atomic mass is 16.5. The molecule has 0 unspecified atom stereocenters. The molecule has 0 heterocycles. The zero-order valence-electron chi connectivity index (χ0n) is 14.3. The molecule has 0 aromatic heterocycles. The Labute approximate surface area is 147 Å². The number of rotatable bonds is 5. The number of carbonyl (C=O) groups excluding carboxylic acids is 1. The number of benzene rings is 3. The standard InChI is InChI=1S/C21H20N2O2/c1-3-25-18-9-6-7-16(13-18)14-22-23-21(24)20-15(2)11-12-17-8-4-5-10-19(17)20/h4-14H,3H2,1-2H3,(H,23,24)/b22-14-. The molecular formula is C21H20N2O2. The highest BCUT2D eigenvalue weighted by Gasteiger charge is 2.12. The maximum absolute atomic E-state index is 12.6. The quantitative estimate of drug-likeness (QED) is 0.559. The van der Waals surface area contributed by atoms with Crippen molar-refractivity contribution in [2.45, 2.75) is 13.8 Å². The van der Waals surface area contributed by atoms with E-state index in [2.05, 4.69) is 10.5 Å². The lowest BCUT2D eigenvalue weighted by atomic mass is 9.99. The summed E-state index contributed by atoms with van der Waals surface area (Å²) in [6, 6.07) is 19.4. The molecule has 3 rings (SSSR count). The third-order valence-corrected chi connectivity index (χ3v) is 3.91. The smallest absolute Gasteiger partial charge is 0.272 e. The average molecular weight is 332 g/mol. The number of carbonyl (C=O) groups is 1. The Balaban J connectivity index is 1.79. The van der Waals surface area contributed by atoms with Crippen LogP contribution in [0.1, 0.15) is 28.4 Å². The van der Waals surface area contributed by atoms with E-state index in [1.54, 1.807) is 6.21 Å². The Morgan fingerprint density at radius 1 is 1.12 bits per heavy atom. The molecule has 0 saturated heterocycles. The number of aryl methyl sites for hydroxylation is 1. The van der Waals surface area contributed by atoms with E-state index in [1.807, 2.05) is 74.5 Å². The first kappa shape index (κ1) is 16.7. The van der Waals surface area contributed by atoms with E-state index in [-0.39, 0.29) is 5.91 Å². The number of amides is 1. The number of nitrogens with zero attached hydrogens (tertiary/aromatic N) is 1. The Kier molecular flexibility index (Phi) is 5.09. The van der Waals surface area contributed by atoms with Crippen LogP contribution >= 0.6 is 0 Å². The molecule has 0 bridgehead atoms. The summed E-state index contributed by atoms with van der Waals surface area (Å²) in [5, 5.41) is 6.05. The first-order valence-corrected chi connectivity index (χ1v) is 8.23. The third-order valence-electron chi connectivity index (χ3n) is 3.91. The summed E-state index contributed by atoms with van der Waals surface area (Å²) < 4.78 is 5.46. The minimum Gasteiger partial charge on any atom is -0.494 e.